The SMILES string of the molecule is CCCCN(CCO)C(=O)N[C@@H](CCC(N)=O)C(=O)O. The molecule has 0 spiro atoms. The van der Waals surface area contributed by atoms with Crippen LogP contribution in [0.2, 0.25) is 0 Å². The van der Waals surface area contributed by atoms with E-state index in [2.05, 4.69) is 5.32 Å². The van der Waals surface area contributed by atoms with Crippen molar-refractivity contribution in [2.24, 2.45) is 5.73 Å². The molecule has 116 valence electrons. The first-order chi connectivity index (χ1) is 9.42. The van der Waals surface area contributed by atoms with Crippen LogP contribution in [0.3, 0.4) is 0 Å². The molecular weight excluding hydrogens is 266 g/mol. The molecule has 0 bridgehead atoms. The number of primary amides is 1. The first-order valence-electron chi connectivity index (χ1n) is 6.59. The van der Waals surface area contributed by atoms with Gasteiger partial charge in [-0.2, -0.15) is 0 Å². The molecule has 0 aliphatic rings. The fraction of sp³-hybridized carbons (Fsp3) is 0.750. The molecule has 0 saturated carbocycles. The summed E-state index contributed by atoms with van der Waals surface area (Å²) in [6, 6.07) is -1.73. The minimum atomic E-state index is -1.22. The predicted octanol–water partition coefficient (Wildman–Crippen LogP) is -0.491. The lowest BCUT2D eigenvalue weighted by molar-refractivity contribution is -0.139. The summed E-state index contributed by atoms with van der Waals surface area (Å²) in [5.41, 5.74) is 4.96. The Balaban J connectivity index is 4.52. The largest absolute Gasteiger partial charge is 0.480 e. The average molecular weight is 289 g/mol. The summed E-state index contributed by atoms with van der Waals surface area (Å²) in [6.07, 6.45) is 1.45. The van der Waals surface area contributed by atoms with Crippen molar-refractivity contribution < 1.29 is 24.6 Å². The number of unbranched alkanes of at least 4 members (excludes halogenated alkanes) is 1. The van der Waals surface area contributed by atoms with Crippen LogP contribution in [-0.4, -0.2) is 58.8 Å². The molecular formula is C12H23N3O5. The van der Waals surface area contributed by atoms with E-state index in [0.717, 1.165) is 12.8 Å². The van der Waals surface area contributed by atoms with Gasteiger partial charge in [-0.25, -0.2) is 9.59 Å². The second kappa shape index (κ2) is 10.0. The number of urea groups is 1. The van der Waals surface area contributed by atoms with Crippen molar-refractivity contribution in [1.82, 2.24) is 10.2 Å². The van der Waals surface area contributed by atoms with E-state index >= 15 is 0 Å². The Morgan fingerprint density at radius 1 is 1.30 bits per heavy atom. The van der Waals surface area contributed by atoms with Crippen LogP contribution in [0.5, 0.6) is 0 Å². The third kappa shape index (κ3) is 7.57. The topological polar surface area (TPSA) is 133 Å². The molecule has 0 aliphatic carbocycles. The van der Waals surface area contributed by atoms with Crippen molar-refractivity contribution in [2.75, 3.05) is 19.7 Å². The first-order valence-corrected chi connectivity index (χ1v) is 6.59. The number of aliphatic hydroxyl groups is 1. The van der Waals surface area contributed by atoms with Crippen molar-refractivity contribution in [1.29, 1.82) is 0 Å². The van der Waals surface area contributed by atoms with Crippen molar-refractivity contribution >= 4 is 17.9 Å². The summed E-state index contributed by atoms with van der Waals surface area (Å²) in [7, 11) is 0. The number of nitrogens with one attached hydrogen (secondary N) is 1. The van der Waals surface area contributed by atoms with E-state index in [1.54, 1.807) is 0 Å². The first kappa shape index (κ1) is 18.2. The zero-order valence-corrected chi connectivity index (χ0v) is 11.7. The maximum absolute atomic E-state index is 11.9. The molecule has 8 heteroatoms. The van der Waals surface area contributed by atoms with E-state index in [-0.39, 0.29) is 26.0 Å². The molecule has 5 N–H and O–H groups in total. The highest BCUT2D eigenvalue weighted by atomic mass is 16.4. The van der Waals surface area contributed by atoms with Gasteiger partial charge in [0.15, 0.2) is 0 Å². The van der Waals surface area contributed by atoms with Crippen molar-refractivity contribution in [3.05, 3.63) is 0 Å². The third-order valence-corrected chi connectivity index (χ3v) is 2.71. The molecule has 1 atom stereocenters. The van der Waals surface area contributed by atoms with E-state index in [4.69, 9.17) is 15.9 Å². The van der Waals surface area contributed by atoms with Crippen molar-refractivity contribution in [3.63, 3.8) is 0 Å². The highest BCUT2D eigenvalue weighted by molar-refractivity contribution is 5.83. The van der Waals surface area contributed by atoms with Crippen LogP contribution in [0.25, 0.3) is 0 Å². The van der Waals surface area contributed by atoms with E-state index in [1.165, 1.54) is 4.90 Å². The Hall–Kier alpha value is -1.83. The van der Waals surface area contributed by atoms with Gasteiger partial charge in [-0.05, 0) is 12.8 Å². The molecule has 0 saturated heterocycles. The van der Waals surface area contributed by atoms with E-state index in [0.29, 0.717) is 6.54 Å². The van der Waals surface area contributed by atoms with Crippen molar-refractivity contribution in [3.8, 4) is 0 Å². The van der Waals surface area contributed by atoms with Crippen LogP contribution in [-0.2, 0) is 9.59 Å². The van der Waals surface area contributed by atoms with Crippen LogP contribution < -0.4 is 11.1 Å². The summed E-state index contributed by atoms with van der Waals surface area (Å²) < 4.78 is 0. The van der Waals surface area contributed by atoms with Gasteiger partial charge in [0.25, 0.3) is 0 Å². The number of aliphatic hydroxyl groups excluding tert-OH is 1. The molecule has 8 nitrogen and oxygen atoms in total. The van der Waals surface area contributed by atoms with Gasteiger partial charge >= 0.3 is 12.0 Å². The summed E-state index contributed by atoms with van der Waals surface area (Å²) in [4.78, 5) is 34.9. The fourth-order valence-corrected chi connectivity index (χ4v) is 1.57. The lowest BCUT2D eigenvalue weighted by atomic mass is 10.1. The lowest BCUT2D eigenvalue weighted by Crippen LogP contribution is -2.49. The molecule has 0 heterocycles. The van der Waals surface area contributed by atoms with Gasteiger partial charge in [0.05, 0.1) is 6.61 Å². The molecule has 0 aromatic heterocycles. The molecule has 0 fully saturated rings. The molecule has 0 unspecified atom stereocenters. The monoisotopic (exact) mass is 289 g/mol. The molecule has 20 heavy (non-hydrogen) atoms. The Bertz CT molecular complexity index is 335. The number of hydrogen-bond donors (Lipinski definition) is 4. The number of carbonyl (C=O) groups is 3. The Morgan fingerprint density at radius 2 is 1.95 bits per heavy atom. The van der Waals surface area contributed by atoms with Gasteiger partial charge in [0, 0.05) is 19.5 Å². The van der Waals surface area contributed by atoms with Crippen molar-refractivity contribution in [2.45, 2.75) is 38.6 Å². The van der Waals surface area contributed by atoms with Crippen LogP contribution in [0, 0.1) is 0 Å². The maximum atomic E-state index is 11.9. The smallest absolute Gasteiger partial charge is 0.326 e. The number of nitrogens with zero attached hydrogens (tertiary/aromatic N) is 1. The quantitative estimate of drug-likeness (QED) is 0.430. The molecule has 0 aromatic rings. The summed E-state index contributed by atoms with van der Waals surface area (Å²) >= 11 is 0. The van der Waals surface area contributed by atoms with Gasteiger partial charge < -0.3 is 26.2 Å². The normalized spacial score (nSPS) is 11.7. The van der Waals surface area contributed by atoms with Gasteiger partial charge in [-0.15, -0.1) is 0 Å². The Morgan fingerprint density at radius 3 is 2.40 bits per heavy atom. The summed E-state index contributed by atoms with van der Waals surface area (Å²) in [5.74, 6) is -1.84. The Labute approximate surface area is 117 Å². The number of carboxylic acids is 1. The number of carboxylic acid groups (broad SMARTS) is 1. The summed E-state index contributed by atoms with van der Waals surface area (Å²) in [5, 5.41) is 20.2. The highest BCUT2D eigenvalue weighted by Gasteiger charge is 2.23. The van der Waals surface area contributed by atoms with Gasteiger partial charge in [-0.1, -0.05) is 13.3 Å². The number of hydrogen-bond acceptors (Lipinski definition) is 4. The average Bonchev–Trinajstić information content (AvgIpc) is 2.38. The second-order valence-corrected chi connectivity index (χ2v) is 4.41. The lowest BCUT2D eigenvalue weighted by Gasteiger charge is -2.24. The van der Waals surface area contributed by atoms with Gasteiger partial charge in [-0.3, -0.25) is 4.79 Å². The number of carbonyl (C=O) groups excluding carboxylic acids is 2. The number of nitrogens with two attached hydrogens (primary N) is 1. The van der Waals surface area contributed by atoms with E-state index in [1.807, 2.05) is 6.92 Å². The fourth-order valence-electron chi connectivity index (χ4n) is 1.57. The highest BCUT2D eigenvalue weighted by Crippen LogP contribution is 2.01. The minimum absolute atomic E-state index is 0.0584. The second-order valence-electron chi connectivity index (χ2n) is 4.41. The molecule has 0 aromatic carbocycles. The van der Waals surface area contributed by atoms with Gasteiger partial charge in [0.1, 0.15) is 6.04 Å². The van der Waals surface area contributed by atoms with Crippen LogP contribution in [0.15, 0.2) is 0 Å². The van der Waals surface area contributed by atoms with Gasteiger partial charge in [0.2, 0.25) is 5.91 Å². The van der Waals surface area contributed by atoms with Crippen LogP contribution in [0.4, 0.5) is 4.79 Å². The predicted molar refractivity (Wildman–Crippen MR) is 72.0 cm³/mol. The molecule has 3 amide bonds. The van der Waals surface area contributed by atoms with Crippen LogP contribution in [0.1, 0.15) is 32.6 Å². The number of rotatable bonds is 10. The number of aliphatic carboxylic acids is 1. The summed E-state index contributed by atoms with van der Waals surface area (Å²) in [6.45, 7) is 2.33. The Kier molecular flexibility index (Phi) is 9.10. The molecule has 0 rings (SSSR count). The van der Waals surface area contributed by atoms with Crippen LogP contribution >= 0.6 is 0 Å². The van der Waals surface area contributed by atoms with E-state index in [9.17, 15) is 14.4 Å². The molecule has 0 aliphatic heterocycles. The maximum Gasteiger partial charge on any atom is 0.326 e. The molecule has 0 radical (unpaired) electrons. The third-order valence-electron chi connectivity index (χ3n) is 2.71. The zero-order valence-electron chi connectivity index (χ0n) is 11.7. The minimum Gasteiger partial charge on any atom is -0.480 e. The van der Waals surface area contributed by atoms with E-state index < -0.39 is 23.9 Å². The number of amides is 3. The zero-order chi connectivity index (χ0) is 15.5. The standard InChI is InChI=1S/C12H23N3O5/c1-2-3-6-15(7-8-16)12(20)14-9(11(18)19)4-5-10(13)17/h9,16H,2-8H2,1H3,(H2,13,17)(H,14,20)(H,18,19)/t9-/m0/s1.